The highest BCUT2D eigenvalue weighted by Crippen LogP contribution is 2.25. The van der Waals surface area contributed by atoms with Crippen molar-refractivity contribution in [3.63, 3.8) is 0 Å². The normalized spacial score (nSPS) is 10.6. The van der Waals surface area contributed by atoms with Crippen LogP contribution in [0, 0.1) is 6.92 Å². The van der Waals surface area contributed by atoms with Crippen molar-refractivity contribution in [1.82, 2.24) is 14.8 Å². The molecule has 2 aromatic heterocycles. The molecule has 0 radical (unpaired) electrons. The minimum atomic E-state index is 0.534. The average molecular weight is 250 g/mol. The number of anilines is 1. The Morgan fingerprint density at radius 2 is 1.89 bits per heavy atom. The minimum absolute atomic E-state index is 0.534. The second kappa shape index (κ2) is 4.57. The van der Waals surface area contributed by atoms with E-state index in [1.54, 1.807) is 12.4 Å². The molecule has 0 saturated carbocycles. The summed E-state index contributed by atoms with van der Waals surface area (Å²) in [6.45, 7) is 2.02. The molecule has 1 aromatic carbocycles. The van der Waals surface area contributed by atoms with E-state index >= 15 is 0 Å². The van der Waals surface area contributed by atoms with Crippen molar-refractivity contribution in [3.05, 3.63) is 60.4 Å². The van der Waals surface area contributed by atoms with E-state index in [0.29, 0.717) is 5.82 Å². The number of aryl methyl sites for hydroxylation is 1. The summed E-state index contributed by atoms with van der Waals surface area (Å²) in [4.78, 5) is 4.17. The van der Waals surface area contributed by atoms with Gasteiger partial charge in [-0.3, -0.25) is 0 Å². The summed E-state index contributed by atoms with van der Waals surface area (Å²) >= 11 is 0. The first kappa shape index (κ1) is 11.5. The van der Waals surface area contributed by atoms with Gasteiger partial charge in [0.05, 0.1) is 17.6 Å². The Morgan fingerprint density at radius 1 is 1.11 bits per heavy atom. The van der Waals surface area contributed by atoms with Crippen LogP contribution >= 0.6 is 0 Å². The first-order valence-corrected chi connectivity index (χ1v) is 6.07. The maximum atomic E-state index is 5.70. The predicted octanol–water partition coefficient (Wildman–Crippen LogP) is 2.82. The van der Waals surface area contributed by atoms with E-state index in [1.807, 2.05) is 54.1 Å². The van der Waals surface area contributed by atoms with Gasteiger partial charge in [-0.15, -0.1) is 0 Å². The van der Waals surface area contributed by atoms with E-state index in [9.17, 15) is 0 Å². The Morgan fingerprint density at radius 3 is 2.63 bits per heavy atom. The van der Waals surface area contributed by atoms with Gasteiger partial charge in [0.2, 0.25) is 0 Å². The van der Waals surface area contributed by atoms with Crippen LogP contribution in [0.4, 0.5) is 5.82 Å². The van der Waals surface area contributed by atoms with Gasteiger partial charge in [0.1, 0.15) is 5.82 Å². The van der Waals surface area contributed by atoms with Crippen LogP contribution in [-0.2, 0) is 0 Å². The summed E-state index contributed by atoms with van der Waals surface area (Å²) in [5.74, 6) is 0.534. The lowest BCUT2D eigenvalue weighted by Crippen LogP contribution is -2.00. The molecule has 0 fully saturated rings. The second-order valence-electron chi connectivity index (χ2n) is 4.39. The lowest BCUT2D eigenvalue weighted by molar-refractivity contribution is 0.886. The van der Waals surface area contributed by atoms with Crippen LogP contribution in [0.5, 0.6) is 0 Å². The standard InChI is InChI=1S/C15H14N4/c1-11-9-15(16)17-10-13(11)14-7-8-18-19(14)12-5-3-2-4-6-12/h2-10H,1H3,(H2,16,17). The van der Waals surface area contributed by atoms with Crippen molar-refractivity contribution in [1.29, 1.82) is 0 Å². The molecule has 0 aliphatic heterocycles. The van der Waals surface area contributed by atoms with Crippen LogP contribution < -0.4 is 5.73 Å². The fourth-order valence-corrected chi connectivity index (χ4v) is 2.13. The smallest absolute Gasteiger partial charge is 0.123 e. The number of aromatic nitrogens is 3. The van der Waals surface area contributed by atoms with Gasteiger partial charge >= 0.3 is 0 Å². The van der Waals surface area contributed by atoms with E-state index in [0.717, 1.165) is 22.5 Å². The molecule has 2 heterocycles. The SMILES string of the molecule is Cc1cc(N)ncc1-c1ccnn1-c1ccccc1. The van der Waals surface area contributed by atoms with Crippen LogP contribution in [-0.4, -0.2) is 14.8 Å². The van der Waals surface area contributed by atoms with Crippen molar-refractivity contribution in [3.8, 4) is 16.9 Å². The summed E-state index contributed by atoms with van der Waals surface area (Å²) < 4.78 is 1.90. The Balaban J connectivity index is 2.15. The number of benzene rings is 1. The highest BCUT2D eigenvalue weighted by atomic mass is 15.3. The molecule has 0 unspecified atom stereocenters. The number of pyridine rings is 1. The van der Waals surface area contributed by atoms with E-state index in [1.165, 1.54) is 0 Å². The zero-order chi connectivity index (χ0) is 13.2. The highest BCUT2D eigenvalue weighted by Gasteiger charge is 2.10. The van der Waals surface area contributed by atoms with Crippen LogP contribution in [0.1, 0.15) is 5.56 Å². The van der Waals surface area contributed by atoms with Gasteiger partial charge in [-0.05, 0) is 36.8 Å². The largest absolute Gasteiger partial charge is 0.384 e. The van der Waals surface area contributed by atoms with Crippen LogP contribution in [0.25, 0.3) is 16.9 Å². The molecule has 0 spiro atoms. The Bertz CT molecular complexity index is 701. The molecule has 19 heavy (non-hydrogen) atoms. The molecule has 0 atom stereocenters. The molecule has 0 aliphatic carbocycles. The van der Waals surface area contributed by atoms with Crippen LogP contribution in [0.15, 0.2) is 54.9 Å². The molecular formula is C15H14N4. The van der Waals surface area contributed by atoms with E-state index in [-0.39, 0.29) is 0 Å². The Hall–Kier alpha value is -2.62. The maximum Gasteiger partial charge on any atom is 0.123 e. The predicted molar refractivity (Wildman–Crippen MR) is 75.9 cm³/mol. The number of nitrogens with two attached hydrogens (primary N) is 1. The van der Waals surface area contributed by atoms with Crippen molar-refractivity contribution >= 4 is 5.82 Å². The lowest BCUT2D eigenvalue weighted by Gasteiger charge is -2.09. The Kier molecular flexibility index (Phi) is 2.76. The van der Waals surface area contributed by atoms with Crippen molar-refractivity contribution in [2.45, 2.75) is 6.92 Å². The number of rotatable bonds is 2. The van der Waals surface area contributed by atoms with Crippen LogP contribution in [0.2, 0.25) is 0 Å². The molecule has 0 aliphatic rings. The minimum Gasteiger partial charge on any atom is -0.384 e. The fourth-order valence-electron chi connectivity index (χ4n) is 2.13. The van der Waals surface area contributed by atoms with Gasteiger partial charge in [-0.2, -0.15) is 5.10 Å². The molecule has 3 aromatic rings. The molecular weight excluding hydrogens is 236 g/mol. The molecule has 0 saturated heterocycles. The van der Waals surface area contributed by atoms with Crippen molar-refractivity contribution < 1.29 is 0 Å². The average Bonchev–Trinajstić information content (AvgIpc) is 2.89. The van der Waals surface area contributed by atoms with Crippen molar-refractivity contribution in [2.75, 3.05) is 5.73 Å². The summed E-state index contributed by atoms with van der Waals surface area (Å²) in [7, 11) is 0. The van der Waals surface area contributed by atoms with Gasteiger partial charge in [0.15, 0.2) is 0 Å². The number of hydrogen-bond acceptors (Lipinski definition) is 3. The third-order valence-corrected chi connectivity index (χ3v) is 3.05. The Labute approximate surface area is 111 Å². The number of nitrogen functional groups attached to an aromatic ring is 1. The molecule has 2 N–H and O–H groups in total. The van der Waals surface area contributed by atoms with E-state index < -0.39 is 0 Å². The quantitative estimate of drug-likeness (QED) is 0.760. The molecule has 4 nitrogen and oxygen atoms in total. The number of nitrogens with zero attached hydrogens (tertiary/aromatic N) is 3. The lowest BCUT2D eigenvalue weighted by atomic mass is 10.1. The van der Waals surface area contributed by atoms with Gasteiger partial charge in [0.25, 0.3) is 0 Å². The zero-order valence-electron chi connectivity index (χ0n) is 10.6. The molecule has 4 heteroatoms. The number of para-hydroxylation sites is 1. The third kappa shape index (κ3) is 2.08. The summed E-state index contributed by atoms with van der Waals surface area (Å²) in [5.41, 5.74) is 9.86. The molecule has 3 rings (SSSR count). The third-order valence-electron chi connectivity index (χ3n) is 3.05. The van der Waals surface area contributed by atoms with Gasteiger partial charge in [-0.1, -0.05) is 18.2 Å². The van der Waals surface area contributed by atoms with Gasteiger partial charge in [-0.25, -0.2) is 9.67 Å². The summed E-state index contributed by atoms with van der Waals surface area (Å²) in [6.07, 6.45) is 3.58. The van der Waals surface area contributed by atoms with Crippen LogP contribution in [0.3, 0.4) is 0 Å². The topological polar surface area (TPSA) is 56.7 Å². The first-order chi connectivity index (χ1) is 9.25. The molecule has 94 valence electrons. The number of hydrogen-bond donors (Lipinski definition) is 1. The van der Waals surface area contributed by atoms with Gasteiger partial charge in [0, 0.05) is 11.8 Å². The summed E-state index contributed by atoms with van der Waals surface area (Å²) in [6, 6.07) is 13.9. The highest BCUT2D eigenvalue weighted by molar-refractivity contribution is 5.66. The monoisotopic (exact) mass is 250 g/mol. The van der Waals surface area contributed by atoms with Crippen molar-refractivity contribution in [2.24, 2.45) is 0 Å². The second-order valence-corrected chi connectivity index (χ2v) is 4.39. The fraction of sp³-hybridized carbons (Fsp3) is 0.0667. The summed E-state index contributed by atoms with van der Waals surface area (Å²) in [5, 5.41) is 4.38. The van der Waals surface area contributed by atoms with E-state index in [2.05, 4.69) is 10.1 Å². The van der Waals surface area contributed by atoms with Gasteiger partial charge < -0.3 is 5.73 Å². The molecule has 0 bridgehead atoms. The molecule has 0 amide bonds. The zero-order valence-corrected chi connectivity index (χ0v) is 10.6. The first-order valence-electron chi connectivity index (χ1n) is 6.07. The maximum absolute atomic E-state index is 5.70. The van der Waals surface area contributed by atoms with E-state index in [4.69, 9.17) is 5.73 Å².